The van der Waals surface area contributed by atoms with Crippen LogP contribution in [0.1, 0.15) is 18.7 Å². The Balaban J connectivity index is 1.86. The van der Waals surface area contributed by atoms with Crippen molar-refractivity contribution in [2.45, 2.75) is 49.9 Å². The van der Waals surface area contributed by atoms with E-state index in [1.165, 1.54) is 25.2 Å². The van der Waals surface area contributed by atoms with E-state index < -0.39 is 58.9 Å². The number of rotatable bonds is 9. The van der Waals surface area contributed by atoms with Gasteiger partial charge in [-0.1, -0.05) is 6.07 Å². The number of nitrogens with two attached hydrogens (primary N) is 2. The molecule has 3 heterocycles. The number of aliphatic carboxylic acids is 1. The van der Waals surface area contributed by atoms with Gasteiger partial charge in [-0.15, -0.1) is 23.1 Å². The van der Waals surface area contributed by atoms with Crippen LogP contribution in [0.4, 0.5) is 0 Å². The number of fused-ring (bicyclic) bond motifs is 1. The summed E-state index contributed by atoms with van der Waals surface area (Å²) in [6.07, 6.45) is -1.49. The number of hydrogen-bond acceptors (Lipinski definition) is 10. The fraction of sp³-hybridized carbons (Fsp3) is 0.450. The molecule has 0 radical (unpaired) electrons. The van der Waals surface area contributed by atoms with E-state index in [1.54, 1.807) is 6.07 Å². The molecule has 2 aliphatic heterocycles. The molecular weight excluding hydrogens is 472 g/mol. The Kier molecular flexibility index (Phi) is 7.57. The molecule has 33 heavy (non-hydrogen) atoms. The van der Waals surface area contributed by atoms with Gasteiger partial charge < -0.3 is 26.6 Å². The highest BCUT2D eigenvalue weighted by Crippen LogP contribution is 2.42. The first-order valence-corrected chi connectivity index (χ1v) is 11.9. The lowest BCUT2D eigenvalue weighted by Gasteiger charge is -2.50. The number of thioether (sulfide) groups is 1. The van der Waals surface area contributed by atoms with Gasteiger partial charge in [0.05, 0.1) is 12.5 Å². The van der Waals surface area contributed by atoms with Crippen molar-refractivity contribution in [3.63, 3.8) is 0 Å². The average Bonchev–Trinajstić information content (AvgIpc) is 3.26. The van der Waals surface area contributed by atoms with Gasteiger partial charge in [0.25, 0.3) is 5.91 Å². The van der Waals surface area contributed by atoms with Crippen LogP contribution in [0.25, 0.3) is 0 Å². The van der Waals surface area contributed by atoms with Gasteiger partial charge in [-0.2, -0.15) is 0 Å². The van der Waals surface area contributed by atoms with E-state index >= 15 is 0 Å². The maximum atomic E-state index is 12.8. The number of carboxylic acid groups (broad SMARTS) is 1. The van der Waals surface area contributed by atoms with Crippen molar-refractivity contribution in [2.75, 3.05) is 5.75 Å². The predicted molar refractivity (Wildman–Crippen MR) is 120 cm³/mol. The fourth-order valence-corrected chi connectivity index (χ4v) is 5.48. The second-order valence-electron chi connectivity index (χ2n) is 7.69. The first kappa shape index (κ1) is 24.9. The third-order valence-electron chi connectivity index (χ3n) is 5.06. The Bertz CT molecular complexity index is 1010. The molecule has 0 saturated carbocycles. The van der Waals surface area contributed by atoms with Crippen molar-refractivity contribution in [2.24, 2.45) is 11.5 Å². The first-order valence-electron chi connectivity index (χ1n) is 10.0. The molecule has 11 nitrogen and oxygen atoms in total. The monoisotopic (exact) mass is 496 g/mol. The van der Waals surface area contributed by atoms with Gasteiger partial charge in [0.2, 0.25) is 5.91 Å². The number of nitrogens with zero attached hydrogens (tertiary/aromatic N) is 1. The molecule has 0 aliphatic carbocycles. The maximum Gasteiger partial charge on any atom is 0.352 e. The quantitative estimate of drug-likeness (QED) is 0.249. The zero-order valence-electron chi connectivity index (χ0n) is 17.8. The zero-order valence-corrected chi connectivity index (χ0v) is 19.5. The lowest BCUT2D eigenvalue weighted by atomic mass is 9.96. The number of amides is 2. The second-order valence-corrected chi connectivity index (χ2v) is 9.82. The number of ketones is 1. The van der Waals surface area contributed by atoms with Gasteiger partial charge in [0.15, 0.2) is 11.9 Å². The largest absolute Gasteiger partial charge is 0.477 e. The van der Waals surface area contributed by atoms with Gasteiger partial charge in [0.1, 0.15) is 23.2 Å². The SMILES string of the molecule is C[C@H](N)C(=O)OC(C(=O)[C@H](C)N)C1=C(C(=O)O)N2C(=O)[C@@H](NC(=O)Cc3cccs3)[C@@H]2SC1. The predicted octanol–water partition coefficient (Wildman–Crippen LogP) is -0.795. The van der Waals surface area contributed by atoms with E-state index in [0.717, 1.165) is 21.5 Å². The Hall–Kier alpha value is -2.74. The highest BCUT2D eigenvalue weighted by Gasteiger charge is 2.55. The molecule has 0 spiro atoms. The smallest absolute Gasteiger partial charge is 0.352 e. The molecule has 2 aliphatic rings. The molecule has 1 unspecified atom stereocenters. The molecule has 1 aromatic rings. The van der Waals surface area contributed by atoms with Crippen LogP contribution in [0.15, 0.2) is 28.8 Å². The van der Waals surface area contributed by atoms with Crippen LogP contribution in [0.5, 0.6) is 0 Å². The maximum absolute atomic E-state index is 12.8. The molecule has 3 rings (SSSR count). The Morgan fingerprint density at radius 2 is 1.97 bits per heavy atom. The number of β-lactam (4-membered cyclic amide) rings is 1. The summed E-state index contributed by atoms with van der Waals surface area (Å²) in [4.78, 5) is 63.8. The van der Waals surface area contributed by atoms with E-state index in [0.29, 0.717) is 0 Å². The van der Waals surface area contributed by atoms with Crippen LogP contribution in [0.3, 0.4) is 0 Å². The van der Waals surface area contributed by atoms with Crippen LogP contribution in [-0.4, -0.2) is 74.9 Å². The Morgan fingerprint density at radius 1 is 1.27 bits per heavy atom. The zero-order chi connectivity index (χ0) is 24.4. The summed E-state index contributed by atoms with van der Waals surface area (Å²) in [5.41, 5.74) is 10.7. The fourth-order valence-electron chi connectivity index (χ4n) is 3.40. The number of thiophene rings is 1. The molecule has 2 amide bonds. The number of Topliss-reactive ketones (excluding diaryl/α,β-unsaturated/α-hetero) is 1. The number of hydrogen-bond donors (Lipinski definition) is 4. The topological polar surface area (TPSA) is 182 Å². The van der Waals surface area contributed by atoms with E-state index in [9.17, 15) is 29.1 Å². The number of carbonyl (C=O) groups excluding carboxylic acids is 4. The van der Waals surface area contributed by atoms with Gasteiger partial charge in [-0.25, -0.2) is 4.79 Å². The minimum Gasteiger partial charge on any atom is -0.477 e. The van der Waals surface area contributed by atoms with Crippen LogP contribution >= 0.6 is 23.1 Å². The van der Waals surface area contributed by atoms with Crippen molar-refractivity contribution < 1.29 is 33.8 Å². The lowest BCUT2D eigenvalue weighted by molar-refractivity contribution is -0.155. The van der Waals surface area contributed by atoms with Crippen LogP contribution in [-0.2, 0) is 35.1 Å². The molecule has 5 atom stereocenters. The summed E-state index contributed by atoms with van der Waals surface area (Å²) in [6.45, 7) is 2.74. The molecule has 13 heteroatoms. The Labute approximate surface area is 197 Å². The van der Waals surface area contributed by atoms with Crippen molar-refractivity contribution in [3.05, 3.63) is 33.7 Å². The first-order chi connectivity index (χ1) is 15.5. The van der Waals surface area contributed by atoms with Gasteiger partial charge in [0, 0.05) is 16.2 Å². The molecule has 1 fully saturated rings. The van der Waals surface area contributed by atoms with Crippen molar-refractivity contribution in [3.8, 4) is 0 Å². The van der Waals surface area contributed by atoms with Crippen molar-refractivity contribution in [1.29, 1.82) is 0 Å². The summed E-state index contributed by atoms with van der Waals surface area (Å²) in [6, 6.07) is 0.583. The molecular formula is C20H24N4O7S2. The van der Waals surface area contributed by atoms with Crippen LogP contribution in [0, 0.1) is 0 Å². The molecule has 1 aromatic heterocycles. The summed E-state index contributed by atoms with van der Waals surface area (Å²) in [5.74, 6) is -4.11. The minimum atomic E-state index is -1.59. The van der Waals surface area contributed by atoms with Crippen LogP contribution < -0.4 is 16.8 Å². The third kappa shape index (κ3) is 5.11. The molecule has 178 valence electrons. The summed E-state index contributed by atoms with van der Waals surface area (Å²) < 4.78 is 5.21. The summed E-state index contributed by atoms with van der Waals surface area (Å²) >= 11 is 2.56. The van der Waals surface area contributed by atoms with Gasteiger partial charge >= 0.3 is 11.9 Å². The van der Waals surface area contributed by atoms with E-state index in [1.807, 2.05) is 11.4 Å². The molecule has 0 bridgehead atoms. The number of carboxylic acids is 1. The minimum absolute atomic E-state index is 0.0251. The summed E-state index contributed by atoms with van der Waals surface area (Å²) in [7, 11) is 0. The number of ether oxygens (including phenoxy) is 1. The van der Waals surface area contributed by atoms with E-state index in [2.05, 4.69) is 5.32 Å². The lowest BCUT2D eigenvalue weighted by Crippen LogP contribution is -2.71. The molecule has 0 aromatic carbocycles. The Morgan fingerprint density at radius 3 is 2.52 bits per heavy atom. The van der Waals surface area contributed by atoms with Crippen LogP contribution in [0.2, 0.25) is 0 Å². The highest BCUT2D eigenvalue weighted by molar-refractivity contribution is 8.00. The normalized spacial score (nSPS) is 22.5. The van der Waals surface area contributed by atoms with Crippen molar-refractivity contribution >= 4 is 52.6 Å². The molecule has 1 saturated heterocycles. The second kappa shape index (κ2) is 10.0. The van der Waals surface area contributed by atoms with Crippen molar-refractivity contribution in [1.82, 2.24) is 10.2 Å². The van der Waals surface area contributed by atoms with E-state index in [-0.39, 0.29) is 23.7 Å². The summed E-state index contributed by atoms with van der Waals surface area (Å²) in [5, 5.41) is 13.7. The third-order valence-corrected chi connectivity index (χ3v) is 7.24. The van der Waals surface area contributed by atoms with E-state index in [4.69, 9.17) is 16.2 Å². The average molecular weight is 497 g/mol. The standard InChI is InChI=1S/C20H24N4O7S2/c1-8(21)15(26)16(31-20(30)9(2)22)11-7-33-18-13(17(27)24(18)14(11)19(28)29)23-12(25)6-10-4-3-5-32-10/h3-5,8-9,13,16,18H,6-7,21-22H2,1-2H3,(H,23,25)(H,28,29)/t8-,9-,13+,16?,18-/m0/s1. The number of esters is 1. The highest BCUT2D eigenvalue weighted by atomic mass is 32.2. The van der Waals surface area contributed by atoms with Gasteiger partial charge in [-0.3, -0.25) is 24.1 Å². The molecule has 6 N–H and O–H groups in total. The van der Waals surface area contributed by atoms with Gasteiger partial charge in [-0.05, 0) is 25.3 Å². The number of nitrogens with one attached hydrogen (secondary N) is 1. The number of carbonyl (C=O) groups is 5.